The molecule has 2 atom stereocenters. The minimum absolute atomic E-state index is 0.0814. The van der Waals surface area contributed by atoms with E-state index in [4.69, 9.17) is 4.99 Å². The van der Waals surface area contributed by atoms with E-state index in [-0.39, 0.29) is 5.82 Å². The van der Waals surface area contributed by atoms with Crippen molar-refractivity contribution in [2.24, 2.45) is 22.7 Å². The Balaban J connectivity index is 1.62. The molecule has 1 aliphatic carbocycles. The summed E-state index contributed by atoms with van der Waals surface area (Å²) in [6.45, 7) is 7.43. The maximum absolute atomic E-state index is 14.9. The smallest absolute Gasteiger partial charge is 0.127 e. The molecule has 0 aromatic heterocycles. The maximum atomic E-state index is 14.9. The quantitative estimate of drug-likeness (QED) is 0.468. The molecule has 2 nitrogen and oxygen atoms in total. The standard InChI is InChI=1S/C32H41FN2/c1-4-9-24-14-16-27(30(33)21-24)20-25-12-13-26-15-17-29(32(23(2)3)35-22-26)28-10-7-5-6-8-11-31(28)34-19-18-25/h4-6,8-9,11,14,16,21-23,25,29,34H,7,10,12-13,15,17-20H2,1-3H3/b6-5-,9-4+,11-8-,31-28-. The Kier molecular flexibility index (Phi) is 8.95. The van der Waals surface area contributed by atoms with Gasteiger partial charge in [0.1, 0.15) is 5.82 Å². The summed E-state index contributed by atoms with van der Waals surface area (Å²) in [4.78, 5) is 5.09. The summed E-state index contributed by atoms with van der Waals surface area (Å²) in [5, 5.41) is 3.81. The number of rotatable bonds is 4. The summed E-state index contributed by atoms with van der Waals surface area (Å²) in [5.41, 5.74) is 7.33. The highest BCUT2D eigenvalue weighted by Crippen LogP contribution is 2.35. The summed E-state index contributed by atoms with van der Waals surface area (Å²) in [6.07, 6.45) is 23.2. The molecule has 1 aromatic carbocycles. The molecule has 0 fully saturated rings. The van der Waals surface area contributed by atoms with Crippen molar-refractivity contribution in [3.8, 4) is 0 Å². The average molecular weight is 473 g/mol. The average Bonchev–Trinajstić information content (AvgIpc) is 3.02. The molecule has 4 rings (SSSR count). The first kappa shape index (κ1) is 25.4. The van der Waals surface area contributed by atoms with Crippen LogP contribution in [0.5, 0.6) is 0 Å². The van der Waals surface area contributed by atoms with Crippen LogP contribution in [0.4, 0.5) is 4.39 Å². The van der Waals surface area contributed by atoms with Crippen LogP contribution in [0, 0.1) is 23.6 Å². The van der Waals surface area contributed by atoms with Gasteiger partial charge in [0.05, 0.1) is 0 Å². The second-order valence-corrected chi connectivity index (χ2v) is 10.5. The van der Waals surface area contributed by atoms with E-state index in [1.54, 1.807) is 6.07 Å². The van der Waals surface area contributed by atoms with Crippen molar-refractivity contribution in [2.45, 2.75) is 72.1 Å². The van der Waals surface area contributed by atoms with Gasteiger partial charge in [-0.15, -0.1) is 0 Å². The van der Waals surface area contributed by atoms with Crippen LogP contribution in [0.25, 0.3) is 6.08 Å². The zero-order chi connectivity index (χ0) is 24.6. The Labute approximate surface area is 211 Å². The van der Waals surface area contributed by atoms with Gasteiger partial charge in [0.15, 0.2) is 0 Å². The van der Waals surface area contributed by atoms with Gasteiger partial charge in [-0.1, -0.05) is 61.9 Å². The zero-order valence-electron chi connectivity index (χ0n) is 21.7. The summed E-state index contributed by atoms with van der Waals surface area (Å²) < 4.78 is 14.9. The summed E-state index contributed by atoms with van der Waals surface area (Å²) in [7, 11) is 0. The van der Waals surface area contributed by atoms with Gasteiger partial charge >= 0.3 is 0 Å². The highest BCUT2D eigenvalue weighted by molar-refractivity contribution is 5.91. The number of nitrogens with one attached hydrogen (secondary N) is 1. The number of nitrogens with zero attached hydrogens (tertiary/aromatic N) is 1. The van der Waals surface area contributed by atoms with Crippen LogP contribution in [0.15, 0.2) is 76.6 Å². The van der Waals surface area contributed by atoms with E-state index >= 15 is 0 Å². The van der Waals surface area contributed by atoms with E-state index in [1.807, 2.05) is 31.2 Å². The van der Waals surface area contributed by atoms with Gasteiger partial charge < -0.3 is 5.32 Å². The minimum Gasteiger partial charge on any atom is -0.385 e. The number of halogens is 1. The van der Waals surface area contributed by atoms with Crippen molar-refractivity contribution in [2.75, 3.05) is 6.54 Å². The molecular formula is C32H41FN2. The highest BCUT2D eigenvalue weighted by atomic mass is 19.1. The Morgan fingerprint density at radius 2 is 1.97 bits per heavy atom. The highest BCUT2D eigenvalue weighted by Gasteiger charge is 2.27. The fourth-order valence-electron chi connectivity index (χ4n) is 5.72. The van der Waals surface area contributed by atoms with Crippen LogP contribution >= 0.6 is 0 Å². The Morgan fingerprint density at radius 3 is 2.77 bits per heavy atom. The van der Waals surface area contributed by atoms with Gasteiger partial charge in [0, 0.05) is 30.1 Å². The second-order valence-electron chi connectivity index (χ2n) is 10.5. The second kappa shape index (κ2) is 12.3. The molecule has 0 saturated heterocycles. The summed E-state index contributed by atoms with van der Waals surface area (Å²) in [5.74, 6) is 1.18. The maximum Gasteiger partial charge on any atom is 0.127 e. The fraction of sp³-hybridized carbons (Fsp3) is 0.469. The lowest BCUT2D eigenvalue weighted by molar-refractivity contribution is 0.427. The number of hydrogen-bond donors (Lipinski definition) is 1. The third kappa shape index (κ3) is 6.72. The van der Waals surface area contributed by atoms with Gasteiger partial charge in [-0.3, -0.25) is 4.99 Å². The van der Waals surface area contributed by atoms with Gasteiger partial charge in [-0.05, 0) is 99.0 Å². The fourth-order valence-corrected chi connectivity index (χ4v) is 5.72. The SMILES string of the molecule is C/C=C/c1ccc(CC2CCNC3=C(/CC\C=C/C=C\3)C3CCC(=CN=C3C(C)C)CC2)c(F)c1. The van der Waals surface area contributed by atoms with Crippen molar-refractivity contribution in [1.29, 1.82) is 0 Å². The van der Waals surface area contributed by atoms with Crippen molar-refractivity contribution < 1.29 is 4.39 Å². The van der Waals surface area contributed by atoms with Crippen LogP contribution in [0.1, 0.15) is 76.8 Å². The molecule has 0 saturated carbocycles. The largest absolute Gasteiger partial charge is 0.385 e. The van der Waals surface area contributed by atoms with E-state index in [0.29, 0.717) is 17.8 Å². The lowest BCUT2D eigenvalue weighted by Crippen LogP contribution is -2.27. The monoisotopic (exact) mass is 472 g/mol. The number of allylic oxidation sites excluding steroid dienone is 7. The predicted octanol–water partition coefficient (Wildman–Crippen LogP) is 8.34. The molecule has 1 N–H and O–H groups in total. The van der Waals surface area contributed by atoms with Crippen LogP contribution < -0.4 is 5.32 Å². The molecule has 3 heteroatoms. The molecule has 2 heterocycles. The summed E-state index contributed by atoms with van der Waals surface area (Å²) in [6, 6.07) is 5.68. The van der Waals surface area contributed by atoms with Gasteiger partial charge in [0.2, 0.25) is 0 Å². The lowest BCUT2D eigenvalue weighted by Gasteiger charge is -2.28. The van der Waals surface area contributed by atoms with Crippen LogP contribution in [-0.4, -0.2) is 12.3 Å². The van der Waals surface area contributed by atoms with Crippen LogP contribution in [-0.2, 0) is 6.42 Å². The minimum atomic E-state index is -0.0814. The van der Waals surface area contributed by atoms with Crippen molar-refractivity contribution in [3.63, 3.8) is 0 Å². The first-order chi connectivity index (χ1) is 17.0. The van der Waals surface area contributed by atoms with Crippen LogP contribution in [0.2, 0.25) is 0 Å². The van der Waals surface area contributed by atoms with Crippen molar-refractivity contribution in [1.82, 2.24) is 5.32 Å². The molecule has 2 unspecified atom stereocenters. The van der Waals surface area contributed by atoms with E-state index in [9.17, 15) is 4.39 Å². The van der Waals surface area contributed by atoms with Crippen molar-refractivity contribution in [3.05, 3.63) is 88.6 Å². The molecule has 3 aliphatic rings. The molecule has 0 amide bonds. The normalized spacial score (nSPS) is 27.5. The van der Waals surface area contributed by atoms with Crippen molar-refractivity contribution >= 4 is 11.8 Å². The zero-order valence-corrected chi connectivity index (χ0v) is 21.7. The Hall–Kier alpha value is -2.68. The number of hydrogen-bond acceptors (Lipinski definition) is 2. The summed E-state index contributed by atoms with van der Waals surface area (Å²) >= 11 is 0. The molecule has 35 heavy (non-hydrogen) atoms. The molecule has 186 valence electrons. The Bertz CT molecular complexity index is 1070. The number of fused-ring (bicyclic) bond motifs is 4. The topological polar surface area (TPSA) is 24.4 Å². The molecule has 0 spiro atoms. The Morgan fingerprint density at radius 1 is 1.11 bits per heavy atom. The first-order valence-electron chi connectivity index (χ1n) is 13.5. The lowest BCUT2D eigenvalue weighted by atomic mass is 9.80. The van der Waals surface area contributed by atoms with E-state index in [2.05, 4.69) is 49.7 Å². The molecular weight excluding hydrogens is 431 g/mol. The van der Waals surface area contributed by atoms with E-state index < -0.39 is 0 Å². The predicted molar refractivity (Wildman–Crippen MR) is 148 cm³/mol. The first-order valence-corrected chi connectivity index (χ1v) is 13.5. The molecule has 0 radical (unpaired) electrons. The van der Waals surface area contributed by atoms with Gasteiger partial charge in [0.25, 0.3) is 0 Å². The van der Waals surface area contributed by atoms with E-state index in [0.717, 1.165) is 69.0 Å². The van der Waals surface area contributed by atoms with Gasteiger partial charge in [-0.25, -0.2) is 4.39 Å². The molecule has 1 aromatic rings. The van der Waals surface area contributed by atoms with Gasteiger partial charge in [-0.2, -0.15) is 0 Å². The van der Waals surface area contributed by atoms with E-state index in [1.165, 1.54) is 22.6 Å². The molecule has 2 aliphatic heterocycles. The number of aliphatic imine (C=N–C) groups is 1. The number of benzene rings is 1. The molecule has 2 bridgehead atoms. The third-order valence-electron chi connectivity index (χ3n) is 7.64. The van der Waals surface area contributed by atoms with Crippen LogP contribution in [0.3, 0.4) is 0 Å². The third-order valence-corrected chi connectivity index (χ3v) is 7.64.